The summed E-state index contributed by atoms with van der Waals surface area (Å²) in [5.41, 5.74) is 12.8. The summed E-state index contributed by atoms with van der Waals surface area (Å²) in [5, 5.41) is 32.8. The van der Waals surface area contributed by atoms with E-state index < -0.39 is 36.3 Å². The highest BCUT2D eigenvalue weighted by molar-refractivity contribution is 5.84. The molecule has 1 aliphatic rings. The van der Waals surface area contributed by atoms with Crippen LogP contribution < -0.4 is 11.5 Å². The van der Waals surface area contributed by atoms with Gasteiger partial charge in [0.15, 0.2) is 5.78 Å². The summed E-state index contributed by atoms with van der Waals surface area (Å²) in [5.74, 6) is -2.77. The quantitative estimate of drug-likeness (QED) is 0.0346. The summed E-state index contributed by atoms with van der Waals surface area (Å²) in [7, 11) is 0. The lowest BCUT2D eigenvalue weighted by Gasteiger charge is -2.51. The van der Waals surface area contributed by atoms with E-state index in [9.17, 15) is 24.9 Å². The molecule has 1 rings (SSSR count). The van der Waals surface area contributed by atoms with Gasteiger partial charge in [0, 0.05) is 19.4 Å². The second-order valence-electron chi connectivity index (χ2n) is 15.7. The van der Waals surface area contributed by atoms with Crippen molar-refractivity contribution in [1.29, 1.82) is 0 Å². The minimum atomic E-state index is -2.07. The van der Waals surface area contributed by atoms with Crippen LogP contribution in [0.2, 0.25) is 0 Å². The van der Waals surface area contributed by atoms with Gasteiger partial charge in [-0.1, -0.05) is 175 Å². The van der Waals surface area contributed by atoms with Crippen molar-refractivity contribution in [3.8, 4) is 0 Å². The summed E-state index contributed by atoms with van der Waals surface area (Å²) in [6.45, 7) is 8.41. The van der Waals surface area contributed by atoms with Gasteiger partial charge in [-0.25, -0.2) is 0 Å². The maximum absolute atomic E-state index is 13.8. The van der Waals surface area contributed by atoms with Crippen molar-refractivity contribution in [2.45, 2.75) is 237 Å². The van der Waals surface area contributed by atoms with Crippen LogP contribution in [0, 0.1) is 5.92 Å². The van der Waals surface area contributed by atoms with Gasteiger partial charge in [0.1, 0.15) is 18.3 Å². The maximum Gasteiger partial charge on any atom is 0.227 e. The average molecular weight is 712 g/mol. The summed E-state index contributed by atoms with van der Waals surface area (Å²) in [6, 6.07) is -0.767. The Morgan fingerprint density at radius 2 is 1.02 bits per heavy atom. The van der Waals surface area contributed by atoms with Crippen LogP contribution in [0.5, 0.6) is 0 Å². The van der Waals surface area contributed by atoms with E-state index in [2.05, 4.69) is 13.8 Å². The Hall–Kier alpha value is -1.10. The number of unbranched alkanes of at least 4 members (excludes halogenated alkanes) is 23. The molecule has 0 bridgehead atoms. The molecule has 1 heterocycles. The van der Waals surface area contributed by atoms with Crippen molar-refractivity contribution in [3.63, 3.8) is 0 Å². The van der Waals surface area contributed by atoms with E-state index in [1.54, 1.807) is 0 Å². The third kappa shape index (κ3) is 18.6. The standard InChI is InChI=1S/C41H81N3O6/c1-5-7-9-11-13-15-17-18-19-20-21-22-24-26-28-30-36(46)44(31-29-27-25-23-16-14-12-10-8-6-2)41(43)40(49)39(48)38(47)35(50-41)32-34(45)37(42)33(3)4/h33,35,37-40,47-49H,5-32,42-43H2,1-4H3/t35-,37+,38+,39+,40-,41+/m1/s1. The van der Waals surface area contributed by atoms with Crippen LogP contribution in [0.3, 0.4) is 0 Å². The molecule has 0 saturated carbocycles. The SMILES string of the molecule is CCCCCCCCCCCCCCCCCC(=O)N(CCCCCCCCCCCC)[C@]1(N)O[C@H](CC(=O)[C@@H](N)C(C)C)[C@H](O)[C@H](O)[C@H]1O. The van der Waals surface area contributed by atoms with Gasteiger partial charge >= 0.3 is 0 Å². The van der Waals surface area contributed by atoms with Crippen LogP contribution in [0.4, 0.5) is 0 Å². The van der Waals surface area contributed by atoms with E-state index in [0.717, 1.165) is 38.5 Å². The molecule has 1 aliphatic heterocycles. The first-order chi connectivity index (χ1) is 24.0. The van der Waals surface area contributed by atoms with Gasteiger partial charge in [0.05, 0.1) is 12.1 Å². The molecule has 9 nitrogen and oxygen atoms in total. The Bertz CT molecular complexity index is 860. The number of hydrogen-bond donors (Lipinski definition) is 5. The number of nitrogens with zero attached hydrogens (tertiary/aromatic N) is 1. The van der Waals surface area contributed by atoms with E-state index >= 15 is 0 Å². The van der Waals surface area contributed by atoms with Crippen LogP contribution in [-0.4, -0.2) is 74.8 Å². The van der Waals surface area contributed by atoms with Crippen molar-refractivity contribution < 1.29 is 29.6 Å². The average Bonchev–Trinajstić information content (AvgIpc) is 3.09. The normalized spacial score (nSPS) is 23.0. The molecule has 0 aliphatic carbocycles. The van der Waals surface area contributed by atoms with Crippen LogP contribution >= 0.6 is 0 Å². The number of carbonyl (C=O) groups is 2. The monoisotopic (exact) mass is 712 g/mol. The fourth-order valence-corrected chi connectivity index (χ4v) is 7.16. The van der Waals surface area contributed by atoms with Crippen molar-refractivity contribution in [2.24, 2.45) is 17.4 Å². The van der Waals surface area contributed by atoms with E-state index in [0.29, 0.717) is 12.8 Å². The lowest BCUT2D eigenvalue weighted by molar-refractivity contribution is -0.309. The number of nitrogens with two attached hydrogens (primary N) is 2. The molecule has 0 unspecified atom stereocenters. The van der Waals surface area contributed by atoms with Gasteiger partial charge in [0.25, 0.3) is 0 Å². The predicted molar refractivity (Wildman–Crippen MR) is 205 cm³/mol. The molecular weight excluding hydrogens is 630 g/mol. The highest BCUT2D eigenvalue weighted by atomic mass is 16.6. The highest BCUT2D eigenvalue weighted by Gasteiger charge is 2.56. The number of carbonyl (C=O) groups excluding carboxylic acids is 2. The Labute approximate surface area is 307 Å². The first-order valence-electron chi connectivity index (χ1n) is 21.1. The smallest absolute Gasteiger partial charge is 0.227 e. The van der Waals surface area contributed by atoms with E-state index in [1.807, 2.05) is 13.8 Å². The van der Waals surface area contributed by atoms with Crippen LogP contribution in [0.25, 0.3) is 0 Å². The number of amides is 1. The summed E-state index contributed by atoms with van der Waals surface area (Å²) in [4.78, 5) is 28.0. The fraction of sp³-hybridized carbons (Fsp3) is 0.951. The molecule has 1 fully saturated rings. The number of hydrogen-bond acceptors (Lipinski definition) is 8. The maximum atomic E-state index is 13.8. The zero-order chi connectivity index (χ0) is 37.2. The van der Waals surface area contributed by atoms with Crippen molar-refractivity contribution in [2.75, 3.05) is 6.54 Å². The topological polar surface area (TPSA) is 159 Å². The summed E-state index contributed by atoms with van der Waals surface area (Å²) < 4.78 is 6.07. The third-order valence-corrected chi connectivity index (χ3v) is 10.8. The molecule has 6 atom stereocenters. The molecular formula is C41H81N3O6. The molecule has 0 radical (unpaired) electrons. The number of ketones is 1. The lowest BCUT2D eigenvalue weighted by Crippen LogP contribution is -2.76. The minimum absolute atomic E-state index is 0.120. The molecule has 0 spiro atoms. The van der Waals surface area contributed by atoms with Crippen molar-refractivity contribution in [1.82, 2.24) is 4.90 Å². The van der Waals surface area contributed by atoms with Crippen LogP contribution in [0.1, 0.15) is 201 Å². The zero-order valence-corrected chi connectivity index (χ0v) is 32.9. The Balaban J connectivity index is 2.67. The number of aliphatic hydroxyl groups is 3. The van der Waals surface area contributed by atoms with Gasteiger partial charge in [0.2, 0.25) is 11.8 Å². The second-order valence-corrected chi connectivity index (χ2v) is 15.7. The third-order valence-electron chi connectivity index (χ3n) is 10.8. The summed E-state index contributed by atoms with van der Waals surface area (Å²) in [6.07, 6.45) is 23.6. The molecule has 7 N–H and O–H groups in total. The number of aliphatic hydroxyl groups excluding tert-OH is 3. The molecule has 50 heavy (non-hydrogen) atoms. The molecule has 9 heteroatoms. The van der Waals surface area contributed by atoms with Crippen molar-refractivity contribution >= 4 is 11.7 Å². The summed E-state index contributed by atoms with van der Waals surface area (Å²) >= 11 is 0. The van der Waals surface area contributed by atoms with Gasteiger partial charge in [-0.15, -0.1) is 0 Å². The Morgan fingerprint density at radius 3 is 1.42 bits per heavy atom. The van der Waals surface area contributed by atoms with E-state index in [4.69, 9.17) is 16.2 Å². The largest absolute Gasteiger partial charge is 0.388 e. The lowest BCUT2D eigenvalue weighted by atomic mass is 9.89. The molecule has 0 aromatic heterocycles. The van der Waals surface area contributed by atoms with Crippen molar-refractivity contribution in [3.05, 3.63) is 0 Å². The Morgan fingerprint density at radius 1 is 0.640 bits per heavy atom. The number of Topliss-reactive ketones (excluding diaryl/α,β-unsaturated/α-hetero) is 1. The van der Waals surface area contributed by atoms with E-state index in [1.165, 1.54) is 114 Å². The van der Waals surface area contributed by atoms with Crippen LogP contribution in [0.15, 0.2) is 0 Å². The van der Waals surface area contributed by atoms with Gasteiger partial charge in [-0.2, -0.15) is 0 Å². The molecule has 296 valence electrons. The molecule has 1 amide bonds. The first kappa shape index (κ1) is 46.9. The Kier molecular flexibility index (Phi) is 26.7. The number of ether oxygens (including phenoxy) is 1. The predicted octanol–water partition coefficient (Wildman–Crippen LogP) is 8.03. The molecule has 0 aromatic carbocycles. The van der Waals surface area contributed by atoms with Gasteiger partial charge < -0.3 is 25.8 Å². The van der Waals surface area contributed by atoms with Gasteiger partial charge in [-0.3, -0.25) is 20.2 Å². The number of rotatable bonds is 32. The molecule has 0 aromatic rings. The first-order valence-corrected chi connectivity index (χ1v) is 21.1. The van der Waals surface area contributed by atoms with Gasteiger partial charge in [-0.05, 0) is 18.8 Å². The van der Waals surface area contributed by atoms with E-state index in [-0.39, 0.29) is 37.0 Å². The van der Waals surface area contributed by atoms with Crippen LogP contribution in [-0.2, 0) is 14.3 Å². The highest BCUT2D eigenvalue weighted by Crippen LogP contribution is 2.32. The zero-order valence-electron chi connectivity index (χ0n) is 32.9. The second kappa shape index (κ2) is 28.4. The fourth-order valence-electron chi connectivity index (χ4n) is 7.16. The molecule has 1 saturated heterocycles. The minimum Gasteiger partial charge on any atom is -0.388 e.